The Bertz CT molecular complexity index is 317. The third kappa shape index (κ3) is 3.02. The molecule has 1 heterocycles. The van der Waals surface area contributed by atoms with Gasteiger partial charge in [0.2, 0.25) is 0 Å². The van der Waals surface area contributed by atoms with E-state index in [1.54, 1.807) is 25.4 Å². The van der Waals surface area contributed by atoms with Crippen molar-refractivity contribution >= 4 is 27.6 Å². The van der Waals surface area contributed by atoms with E-state index >= 15 is 0 Å². The van der Waals surface area contributed by atoms with Gasteiger partial charge in [0.25, 0.3) is 0 Å². The van der Waals surface area contributed by atoms with E-state index in [0.29, 0.717) is 5.69 Å². The Labute approximate surface area is 84.1 Å². The second-order valence-electron chi connectivity index (χ2n) is 2.60. The summed E-state index contributed by atoms with van der Waals surface area (Å²) in [4.78, 5) is 14.4. The molecule has 0 fully saturated rings. The molecule has 5 heteroatoms. The summed E-state index contributed by atoms with van der Waals surface area (Å²) >= 11 is 3.24. The SMILES string of the molecule is CC(Nc1cncc(Br)c1)C(=O)O. The van der Waals surface area contributed by atoms with Gasteiger partial charge in [0.15, 0.2) is 0 Å². The lowest BCUT2D eigenvalue weighted by Gasteiger charge is -2.09. The summed E-state index contributed by atoms with van der Waals surface area (Å²) in [6, 6.07) is 1.16. The largest absolute Gasteiger partial charge is 0.480 e. The maximum absolute atomic E-state index is 10.5. The molecule has 0 saturated carbocycles. The Morgan fingerprint density at radius 2 is 2.38 bits per heavy atom. The van der Waals surface area contributed by atoms with E-state index in [9.17, 15) is 4.79 Å². The van der Waals surface area contributed by atoms with Gasteiger partial charge in [0.1, 0.15) is 6.04 Å². The van der Waals surface area contributed by atoms with Crippen LogP contribution in [-0.4, -0.2) is 22.1 Å². The first-order valence-electron chi connectivity index (χ1n) is 3.69. The minimum Gasteiger partial charge on any atom is -0.480 e. The number of rotatable bonds is 3. The third-order valence-corrected chi connectivity index (χ3v) is 1.89. The molecule has 0 amide bonds. The number of carbonyl (C=O) groups is 1. The molecule has 0 bridgehead atoms. The number of nitrogens with zero attached hydrogens (tertiary/aromatic N) is 1. The van der Waals surface area contributed by atoms with Gasteiger partial charge in [0.05, 0.1) is 11.9 Å². The number of carboxylic acids is 1. The van der Waals surface area contributed by atoms with Crippen molar-refractivity contribution in [1.82, 2.24) is 4.98 Å². The Morgan fingerprint density at radius 3 is 2.92 bits per heavy atom. The van der Waals surface area contributed by atoms with Crippen molar-refractivity contribution in [2.24, 2.45) is 0 Å². The molecule has 13 heavy (non-hydrogen) atoms. The van der Waals surface area contributed by atoms with Gasteiger partial charge in [-0.05, 0) is 28.9 Å². The van der Waals surface area contributed by atoms with Crippen molar-refractivity contribution < 1.29 is 9.90 Å². The summed E-state index contributed by atoms with van der Waals surface area (Å²) in [5.41, 5.74) is 0.685. The Hall–Kier alpha value is -1.10. The van der Waals surface area contributed by atoms with Crippen molar-refractivity contribution in [1.29, 1.82) is 0 Å². The number of aliphatic carboxylic acids is 1. The molecule has 0 spiro atoms. The van der Waals surface area contributed by atoms with Gasteiger partial charge in [0, 0.05) is 10.7 Å². The molecule has 0 aliphatic rings. The second-order valence-corrected chi connectivity index (χ2v) is 3.51. The highest BCUT2D eigenvalue weighted by atomic mass is 79.9. The van der Waals surface area contributed by atoms with Crippen LogP contribution < -0.4 is 5.32 Å². The molecule has 70 valence electrons. The van der Waals surface area contributed by atoms with E-state index < -0.39 is 12.0 Å². The number of nitrogens with one attached hydrogen (secondary N) is 1. The zero-order valence-corrected chi connectivity index (χ0v) is 8.58. The van der Waals surface area contributed by atoms with Gasteiger partial charge in [-0.15, -0.1) is 0 Å². The van der Waals surface area contributed by atoms with Crippen LogP contribution in [0.3, 0.4) is 0 Å². The zero-order valence-electron chi connectivity index (χ0n) is 6.99. The minimum atomic E-state index is -0.889. The van der Waals surface area contributed by atoms with Gasteiger partial charge >= 0.3 is 5.97 Å². The molecular weight excluding hydrogens is 236 g/mol. The number of pyridine rings is 1. The number of carboxylic acid groups (broad SMARTS) is 1. The molecule has 4 nitrogen and oxygen atoms in total. The zero-order chi connectivity index (χ0) is 9.84. The Kier molecular flexibility index (Phi) is 3.25. The summed E-state index contributed by atoms with van der Waals surface area (Å²) in [6.07, 6.45) is 3.21. The van der Waals surface area contributed by atoms with Crippen LogP contribution in [0.15, 0.2) is 22.9 Å². The van der Waals surface area contributed by atoms with Gasteiger partial charge in [-0.25, -0.2) is 0 Å². The molecule has 0 aromatic carbocycles. The fourth-order valence-corrected chi connectivity index (χ4v) is 1.17. The molecule has 1 aromatic rings. The first-order valence-corrected chi connectivity index (χ1v) is 4.49. The molecule has 0 saturated heterocycles. The fraction of sp³-hybridized carbons (Fsp3) is 0.250. The molecule has 1 atom stereocenters. The molecule has 1 unspecified atom stereocenters. The highest BCUT2D eigenvalue weighted by molar-refractivity contribution is 9.10. The van der Waals surface area contributed by atoms with E-state index in [0.717, 1.165) is 4.47 Å². The van der Waals surface area contributed by atoms with Crippen LogP contribution in [0.25, 0.3) is 0 Å². The fourth-order valence-electron chi connectivity index (χ4n) is 0.803. The van der Waals surface area contributed by atoms with E-state index in [1.165, 1.54) is 0 Å². The average molecular weight is 245 g/mol. The van der Waals surface area contributed by atoms with Crippen LogP contribution >= 0.6 is 15.9 Å². The van der Waals surface area contributed by atoms with Crippen LogP contribution in [0.1, 0.15) is 6.92 Å². The summed E-state index contributed by atoms with van der Waals surface area (Å²) in [7, 11) is 0. The number of hydrogen-bond donors (Lipinski definition) is 2. The molecule has 0 aliphatic heterocycles. The standard InChI is InChI=1S/C8H9BrN2O2/c1-5(8(12)13)11-7-2-6(9)3-10-4-7/h2-5,11H,1H3,(H,12,13). The quantitative estimate of drug-likeness (QED) is 0.851. The maximum atomic E-state index is 10.5. The molecule has 0 radical (unpaired) electrons. The van der Waals surface area contributed by atoms with Crippen molar-refractivity contribution in [2.75, 3.05) is 5.32 Å². The monoisotopic (exact) mass is 244 g/mol. The van der Waals surface area contributed by atoms with Crippen LogP contribution in [0.2, 0.25) is 0 Å². The topological polar surface area (TPSA) is 62.2 Å². The Morgan fingerprint density at radius 1 is 1.69 bits per heavy atom. The smallest absolute Gasteiger partial charge is 0.325 e. The molecule has 1 aromatic heterocycles. The summed E-state index contributed by atoms with van der Waals surface area (Å²) in [5, 5.41) is 11.4. The van der Waals surface area contributed by atoms with Crippen LogP contribution in [0.5, 0.6) is 0 Å². The van der Waals surface area contributed by atoms with Crippen LogP contribution in [0.4, 0.5) is 5.69 Å². The van der Waals surface area contributed by atoms with Gasteiger partial charge in [-0.2, -0.15) is 0 Å². The summed E-state index contributed by atoms with van der Waals surface area (Å²) in [6.45, 7) is 1.57. The van der Waals surface area contributed by atoms with Crippen molar-refractivity contribution in [2.45, 2.75) is 13.0 Å². The highest BCUT2D eigenvalue weighted by Gasteiger charge is 2.09. The van der Waals surface area contributed by atoms with Crippen molar-refractivity contribution in [3.05, 3.63) is 22.9 Å². The van der Waals surface area contributed by atoms with Crippen molar-refractivity contribution in [3.63, 3.8) is 0 Å². The van der Waals surface area contributed by atoms with E-state index in [-0.39, 0.29) is 0 Å². The van der Waals surface area contributed by atoms with Gasteiger partial charge in [-0.3, -0.25) is 9.78 Å². The third-order valence-electron chi connectivity index (χ3n) is 1.46. The number of hydrogen-bond acceptors (Lipinski definition) is 3. The van der Waals surface area contributed by atoms with E-state index in [1.807, 2.05) is 0 Å². The summed E-state index contributed by atoms with van der Waals surface area (Å²) in [5.74, 6) is -0.889. The molecule has 2 N–H and O–H groups in total. The highest BCUT2D eigenvalue weighted by Crippen LogP contribution is 2.14. The second kappa shape index (κ2) is 4.23. The predicted octanol–water partition coefficient (Wildman–Crippen LogP) is 1.73. The van der Waals surface area contributed by atoms with Gasteiger partial charge in [-0.1, -0.05) is 0 Å². The molecular formula is C8H9BrN2O2. The predicted molar refractivity (Wildman–Crippen MR) is 52.7 cm³/mol. The Balaban J connectivity index is 2.69. The normalized spacial score (nSPS) is 12.2. The number of halogens is 1. The number of aromatic nitrogens is 1. The lowest BCUT2D eigenvalue weighted by Crippen LogP contribution is -2.25. The molecule has 0 aliphatic carbocycles. The lowest BCUT2D eigenvalue weighted by atomic mass is 10.3. The van der Waals surface area contributed by atoms with Gasteiger partial charge < -0.3 is 10.4 Å². The van der Waals surface area contributed by atoms with E-state index in [4.69, 9.17) is 5.11 Å². The average Bonchev–Trinajstić information content (AvgIpc) is 2.04. The first kappa shape index (κ1) is 9.98. The van der Waals surface area contributed by atoms with Crippen LogP contribution in [0, 0.1) is 0 Å². The lowest BCUT2D eigenvalue weighted by molar-refractivity contribution is -0.137. The number of anilines is 1. The van der Waals surface area contributed by atoms with Crippen LogP contribution in [-0.2, 0) is 4.79 Å². The minimum absolute atomic E-state index is 0.615. The van der Waals surface area contributed by atoms with Crippen molar-refractivity contribution in [3.8, 4) is 0 Å². The first-order chi connectivity index (χ1) is 6.09. The van der Waals surface area contributed by atoms with E-state index in [2.05, 4.69) is 26.2 Å². The maximum Gasteiger partial charge on any atom is 0.325 e. The molecule has 1 rings (SSSR count). The summed E-state index contributed by atoms with van der Waals surface area (Å²) < 4.78 is 0.815.